The highest BCUT2D eigenvalue weighted by molar-refractivity contribution is 6.31. The van der Waals surface area contributed by atoms with E-state index in [0.29, 0.717) is 5.82 Å². The van der Waals surface area contributed by atoms with Gasteiger partial charge in [-0.25, -0.2) is 9.97 Å². The van der Waals surface area contributed by atoms with Gasteiger partial charge in [0.05, 0.1) is 22.2 Å². The molecule has 0 amide bonds. The van der Waals surface area contributed by atoms with Gasteiger partial charge in [-0.05, 0) is 87.6 Å². The van der Waals surface area contributed by atoms with Gasteiger partial charge in [-0.1, -0.05) is 116 Å². The Bertz CT molecular complexity index is 2830. The standard InChI is InChI=1S/C45H30ClN3/c1-45(2)38-15-6-3-12-33(38)34-21-19-28(25-39(34)45)43-36-14-4-7-16-40(36)47-44(48-43)29-10-9-11-32(23-29)49-41-17-8-5-13-35(41)37-24-27-18-20-31(46)22-30(27)26-42(37)49/h3-26H,1-2H3. The smallest absolute Gasteiger partial charge is 0.160 e. The Balaban J connectivity index is 1.16. The van der Waals surface area contributed by atoms with Crippen molar-refractivity contribution in [2.75, 3.05) is 0 Å². The summed E-state index contributed by atoms with van der Waals surface area (Å²) in [6, 6.07) is 51.8. The highest BCUT2D eigenvalue weighted by Crippen LogP contribution is 2.49. The van der Waals surface area contributed by atoms with Crippen molar-refractivity contribution in [3.63, 3.8) is 0 Å². The van der Waals surface area contributed by atoms with Crippen molar-refractivity contribution in [1.29, 1.82) is 0 Å². The van der Waals surface area contributed by atoms with Gasteiger partial charge in [0.15, 0.2) is 5.82 Å². The predicted octanol–water partition coefficient (Wildman–Crippen LogP) is 12.2. The van der Waals surface area contributed by atoms with Crippen LogP contribution in [0.15, 0.2) is 146 Å². The molecule has 0 saturated carbocycles. The minimum absolute atomic E-state index is 0.0963. The summed E-state index contributed by atoms with van der Waals surface area (Å²) in [6.45, 7) is 4.64. The first-order valence-electron chi connectivity index (χ1n) is 16.7. The summed E-state index contributed by atoms with van der Waals surface area (Å²) in [4.78, 5) is 10.5. The Labute approximate surface area is 289 Å². The molecule has 1 aliphatic carbocycles. The van der Waals surface area contributed by atoms with Crippen LogP contribution in [0.4, 0.5) is 0 Å². The summed E-state index contributed by atoms with van der Waals surface area (Å²) in [6.07, 6.45) is 0. The lowest BCUT2D eigenvalue weighted by Crippen LogP contribution is -2.15. The SMILES string of the molecule is CC1(C)c2ccccc2-c2ccc(-c3nc(-c4cccc(-n5c6ccccc6c6cc7ccc(Cl)cc7cc65)c4)nc4ccccc34)cc21. The van der Waals surface area contributed by atoms with Gasteiger partial charge in [0.2, 0.25) is 0 Å². The van der Waals surface area contributed by atoms with Crippen molar-refractivity contribution in [1.82, 2.24) is 14.5 Å². The molecule has 0 radical (unpaired) electrons. The average molecular weight is 648 g/mol. The van der Waals surface area contributed by atoms with Crippen molar-refractivity contribution in [2.24, 2.45) is 0 Å². The van der Waals surface area contributed by atoms with Crippen molar-refractivity contribution >= 4 is 55.1 Å². The van der Waals surface area contributed by atoms with Crippen LogP contribution in [-0.2, 0) is 5.41 Å². The summed E-state index contributed by atoms with van der Waals surface area (Å²) >= 11 is 6.43. The molecular weight excluding hydrogens is 618 g/mol. The lowest BCUT2D eigenvalue weighted by atomic mass is 9.82. The first-order valence-corrected chi connectivity index (χ1v) is 17.1. The van der Waals surface area contributed by atoms with Crippen LogP contribution >= 0.6 is 11.6 Å². The van der Waals surface area contributed by atoms with Crippen LogP contribution in [-0.4, -0.2) is 14.5 Å². The van der Waals surface area contributed by atoms with Gasteiger partial charge in [0.1, 0.15) is 0 Å². The summed E-state index contributed by atoms with van der Waals surface area (Å²) in [7, 11) is 0. The number of nitrogens with zero attached hydrogens (tertiary/aromatic N) is 3. The molecule has 4 heteroatoms. The van der Waals surface area contributed by atoms with Crippen LogP contribution in [0, 0.1) is 0 Å². The quantitative estimate of drug-likeness (QED) is 0.191. The number of rotatable bonds is 3. The molecule has 0 atom stereocenters. The lowest BCUT2D eigenvalue weighted by molar-refractivity contribution is 0.660. The normalized spacial score (nSPS) is 13.4. The summed E-state index contributed by atoms with van der Waals surface area (Å²) in [5, 5.41) is 6.49. The Kier molecular flexibility index (Phi) is 5.98. The van der Waals surface area contributed by atoms with E-state index in [9.17, 15) is 0 Å². The number of benzene rings is 7. The molecule has 232 valence electrons. The van der Waals surface area contributed by atoms with E-state index in [4.69, 9.17) is 21.6 Å². The average Bonchev–Trinajstić information content (AvgIpc) is 3.57. The van der Waals surface area contributed by atoms with E-state index < -0.39 is 0 Å². The molecule has 2 heterocycles. The number of hydrogen-bond acceptors (Lipinski definition) is 2. The molecule has 9 aromatic rings. The first-order chi connectivity index (χ1) is 23.9. The molecule has 7 aromatic carbocycles. The van der Waals surface area contributed by atoms with Crippen LogP contribution in [0.25, 0.3) is 82.9 Å². The molecule has 0 spiro atoms. The van der Waals surface area contributed by atoms with Crippen molar-refractivity contribution in [3.05, 3.63) is 162 Å². The van der Waals surface area contributed by atoms with E-state index in [1.54, 1.807) is 0 Å². The molecule has 2 aromatic heterocycles. The largest absolute Gasteiger partial charge is 0.309 e. The van der Waals surface area contributed by atoms with Crippen LogP contribution < -0.4 is 0 Å². The van der Waals surface area contributed by atoms with Crippen molar-refractivity contribution in [2.45, 2.75) is 19.3 Å². The van der Waals surface area contributed by atoms with Crippen molar-refractivity contribution < 1.29 is 0 Å². The molecule has 0 fully saturated rings. The monoisotopic (exact) mass is 647 g/mol. The van der Waals surface area contributed by atoms with E-state index in [0.717, 1.165) is 54.9 Å². The fraction of sp³-hybridized carbons (Fsp3) is 0.0667. The number of para-hydroxylation sites is 2. The van der Waals surface area contributed by atoms with Gasteiger partial charge in [-0.3, -0.25) is 0 Å². The third kappa shape index (κ3) is 4.22. The Morgan fingerprint density at radius 2 is 1.33 bits per heavy atom. The second kappa shape index (κ2) is 10.4. The molecule has 49 heavy (non-hydrogen) atoms. The van der Waals surface area contributed by atoms with E-state index in [1.807, 2.05) is 12.1 Å². The predicted molar refractivity (Wildman–Crippen MR) is 205 cm³/mol. The Morgan fingerprint density at radius 1 is 0.531 bits per heavy atom. The first kappa shape index (κ1) is 28.3. The van der Waals surface area contributed by atoms with Crippen LogP contribution in [0.3, 0.4) is 0 Å². The van der Waals surface area contributed by atoms with Gasteiger partial charge in [0.25, 0.3) is 0 Å². The fourth-order valence-corrected chi connectivity index (χ4v) is 8.20. The third-order valence-corrected chi connectivity index (χ3v) is 10.7. The molecule has 0 bridgehead atoms. The highest BCUT2D eigenvalue weighted by Gasteiger charge is 2.35. The number of halogens is 1. The van der Waals surface area contributed by atoms with Crippen LogP contribution in [0.5, 0.6) is 0 Å². The second-order valence-corrected chi connectivity index (χ2v) is 14.0. The molecule has 0 N–H and O–H groups in total. The van der Waals surface area contributed by atoms with E-state index >= 15 is 0 Å². The zero-order chi connectivity index (χ0) is 32.9. The molecule has 0 saturated heterocycles. The summed E-state index contributed by atoms with van der Waals surface area (Å²) < 4.78 is 2.34. The van der Waals surface area contributed by atoms with Gasteiger partial charge in [0, 0.05) is 43.4 Å². The van der Waals surface area contributed by atoms with Crippen LogP contribution in [0.2, 0.25) is 5.02 Å². The summed E-state index contributed by atoms with van der Waals surface area (Å²) in [5.74, 6) is 0.705. The maximum absolute atomic E-state index is 6.43. The molecule has 0 aliphatic heterocycles. The lowest BCUT2D eigenvalue weighted by Gasteiger charge is -2.22. The number of aromatic nitrogens is 3. The van der Waals surface area contributed by atoms with Gasteiger partial charge in [-0.15, -0.1) is 0 Å². The fourth-order valence-electron chi connectivity index (χ4n) is 8.02. The minimum Gasteiger partial charge on any atom is -0.309 e. The molecule has 10 rings (SSSR count). The third-order valence-electron chi connectivity index (χ3n) is 10.4. The second-order valence-electron chi connectivity index (χ2n) is 13.6. The zero-order valence-corrected chi connectivity index (χ0v) is 27.8. The Morgan fingerprint density at radius 3 is 2.24 bits per heavy atom. The van der Waals surface area contributed by atoms with Crippen LogP contribution in [0.1, 0.15) is 25.0 Å². The molecule has 1 aliphatic rings. The number of hydrogen-bond donors (Lipinski definition) is 0. The highest BCUT2D eigenvalue weighted by atomic mass is 35.5. The maximum atomic E-state index is 6.43. The molecular formula is C45H30ClN3. The number of fused-ring (bicyclic) bond motifs is 8. The van der Waals surface area contributed by atoms with E-state index in [-0.39, 0.29) is 5.41 Å². The topological polar surface area (TPSA) is 30.7 Å². The maximum Gasteiger partial charge on any atom is 0.160 e. The summed E-state index contributed by atoms with van der Waals surface area (Å²) in [5.41, 5.74) is 12.5. The zero-order valence-electron chi connectivity index (χ0n) is 27.1. The minimum atomic E-state index is -0.0963. The van der Waals surface area contributed by atoms with E-state index in [2.05, 4.69) is 152 Å². The van der Waals surface area contributed by atoms with Gasteiger partial charge < -0.3 is 4.57 Å². The van der Waals surface area contributed by atoms with Gasteiger partial charge in [-0.2, -0.15) is 0 Å². The van der Waals surface area contributed by atoms with E-state index in [1.165, 1.54) is 38.4 Å². The Hall–Kier alpha value is -5.77. The van der Waals surface area contributed by atoms with Crippen molar-refractivity contribution in [3.8, 4) is 39.5 Å². The molecule has 0 unspecified atom stereocenters. The molecule has 3 nitrogen and oxygen atoms in total. The van der Waals surface area contributed by atoms with Gasteiger partial charge >= 0.3 is 0 Å².